The van der Waals surface area contributed by atoms with Crippen LogP contribution in [-0.2, 0) is 16.0 Å². The number of amidine groups is 2. The Morgan fingerprint density at radius 2 is 1.75 bits per heavy atom. The maximum absolute atomic E-state index is 12.4. The summed E-state index contributed by atoms with van der Waals surface area (Å²) < 4.78 is 0. The molecule has 2 aliphatic heterocycles. The van der Waals surface area contributed by atoms with Gasteiger partial charge in [0.05, 0.1) is 12.5 Å². The molecule has 0 radical (unpaired) electrons. The Balaban J connectivity index is 0.00000173. The lowest BCUT2D eigenvalue weighted by Crippen LogP contribution is -2.37. The van der Waals surface area contributed by atoms with Crippen molar-refractivity contribution in [3.8, 4) is 0 Å². The molecule has 1 saturated heterocycles. The molecular weight excluding hydrogens is 524 g/mol. The molecule has 1 saturated carbocycles. The highest BCUT2D eigenvalue weighted by Crippen LogP contribution is 2.33. The minimum atomic E-state index is -0.0551. The number of aromatic nitrogens is 2. The number of carbonyl (C=O) groups excluding carboxylic acids is 2. The van der Waals surface area contributed by atoms with Gasteiger partial charge in [-0.2, -0.15) is 5.10 Å². The van der Waals surface area contributed by atoms with Crippen LogP contribution in [0.1, 0.15) is 87.5 Å². The zero-order valence-electron chi connectivity index (χ0n) is 23.0. The minimum Gasteiger partial charge on any atom is -0.346 e. The van der Waals surface area contributed by atoms with E-state index in [1.54, 1.807) is 0 Å². The van der Waals surface area contributed by atoms with Gasteiger partial charge in [-0.1, -0.05) is 62.9 Å². The standard InChI is InChI=1S/C26H34N8O2S.C2H6.CH4.2H2/c35-23(16-18-6-2-1-3-7-18)28-22-9-5-4-8-21(30-31-22)27-20-12-14-34(15-13-20)26-33-32-25(37-26)29-24(36)17-19-10-11-19;1-2;;;/h1-3,6-7,19-20H,4-5,8-17H2,(H,27,30)(H,28,31,35)(H,29,32,36);1-2H3;1H4;2*1H. The quantitative estimate of drug-likeness (QED) is 0.395. The van der Waals surface area contributed by atoms with Crippen LogP contribution < -0.4 is 21.0 Å². The van der Waals surface area contributed by atoms with Gasteiger partial charge in [0, 0.05) is 35.2 Å². The third-order valence-corrected chi connectivity index (χ3v) is 7.69. The van der Waals surface area contributed by atoms with E-state index in [2.05, 4.69) is 36.3 Å². The largest absolute Gasteiger partial charge is 0.346 e. The molecule has 5 rings (SSSR count). The van der Waals surface area contributed by atoms with E-state index in [1.165, 1.54) is 11.3 Å². The van der Waals surface area contributed by atoms with Gasteiger partial charge in [-0.15, -0.1) is 10.2 Å². The zero-order valence-corrected chi connectivity index (χ0v) is 23.8. The van der Waals surface area contributed by atoms with Gasteiger partial charge in [0.25, 0.3) is 0 Å². The van der Waals surface area contributed by atoms with E-state index < -0.39 is 0 Å². The summed E-state index contributed by atoms with van der Waals surface area (Å²) in [6.45, 7) is 5.69. The van der Waals surface area contributed by atoms with Crippen LogP contribution in [0, 0.1) is 5.92 Å². The van der Waals surface area contributed by atoms with Gasteiger partial charge in [0.2, 0.25) is 22.1 Å². The fourth-order valence-electron chi connectivity index (χ4n) is 4.55. The molecule has 1 aromatic carbocycles. The number of benzene rings is 1. The van der Waals surface area contributed by atoms with Crippen molar-refractivity contribution >= 4 is 45.1 Å². The SMILES string of the molecule is C.CC.O=C(Cc1ccccc1)N/C1=N/NC(=NC2CCN(c3nnc(NC(=O)CC4CC4)s3)CC2)CCCC1.[HH].[HH]. The highest BCUT2D eigenvalue weighted by atomic mass is 32.1. The first-order chi connectivity index (χ1) is 19.1. The smallest absolute Gasteiger partial charge is 0.229 e. The molecule has 0 bridgehead atoms. The topological polar surface area (TPSA) is 124 Å². The van der Waals surface area contributed by atoms with Crippen LogP contribution in [0.3, 0.4) is 0 Å². The van der Waals surface area contributed by atoms with Crippen molar-refractivity contribution in [3.63, 3.8) is 0 Å². The van der Waals surface area contributed by atoms with E-state index in [9.17, 15) is 9.59 Å². The third-order valence-electron chi connectivity index (χ3n) is 6.79. The number of hydrogen-bond donors (Lipinski definition) is 3. The fraction of sp³-hybridized carbons (Fsp3) is 0.586. The number of amides is 2. The molecule has 0 unspecified atom stereocenters. The minimum absolute atomic E-state index is 0. The first-order valence-corrected chi connectivity index (χ1v) is 15.0. The van der Waals surface area contributed by atoms with E-state index in [1.807, 2.05) is 44.2 Å². The molecule has 0 spiro atoms. The monoisotopic (exact) mass is 572 g/mol. The van der Waals surface area contributed by atoms with E-state index >= 15 is 0 Å². The van der Waals surface area contributed by atoms with Crippen LogP contribution in [0.2, 0.25) is 0 Å². The number of hydrazone groups is 1. The Kier molecular flexibility index (Phi) is 12.5. The average Bonchev–Trinajstić information content (AvgIpc) is 3.63. The summed E-state index contributed by atoms with van der Waals surface area (Å²) in [5.74, 6) is 2.08. The van der Waals surface area contributed by atoms with E-state index in [0.717, 1.165) is 81.0 Å². The molecule has 2 fully saturated rings. The Morgan fingerprint density at radius 1 is 1.02 bits per heavy atom. The number of nitrogens with zero attached hydrogens (tertiary/aromatic N) is 5. The number of hydrogen-bond acceptors (Lipinski definition) is 8. The number of carbonyl (C=O) groups is 2. The summed E-state index contributed by atoms with van der Waals surface area (Å²) in [6.07, 6.45) is 8.61. The van der Waals surface area contributed by atoms with Crippen LogP contribution in [0.4, 0.5) is 10.3 Å². The molecule has 1 aliphatic carbocycles. The molecule has 3 heterocycles. The predicted octanol–water partition coefficient (Wildman–Crippen LogP) is 5.63. The predicted molar refractivity (Wildman–Crippen MR) is 168 cm³/mol. The van der Waals surface area contributed by atoms with Gasteiger partial charge in [-0.25, -0.2) is 0 Å². The third kappa shape index (κ3) is 10.0. The molecule has 0 atom stereocenters. The van der Waals surface area contributed by atoms with Crippen molar-refractivity contribution in [2.45, 2.75) is 91.5 Å². The molecule has 1 aromatic heterocycles. The zero-order chi connectivity index (χ0) is 27.5. The number of nitrogens with one attached hydrogen (secondary N) is 3. The van der Waals surface area contributed by atoms with Crippen molar-refractivity contribution in [2.24, 2.45) is 16.0 Å². The second kappa shape index (κ2) is 16.1. The van der Waals surface area contributed by atoms with Gasteiger partial charge >= 0.3 is 0 Å². The Labute approximate surface area is 245 Å². The summed E-state index contributed by atoms with van der Waals surface area (Å²) in [7, 11) is 0. The second-order valence-electron chi connectivity index (χ2n) is 9.97. The summed E-state index contributed by atoms with van der Waals surface area (Å²) in [5.41, 5.74) is 4.10. The molecule has 10 nitrogen and oxygen atoms in total. The highest BCUT2D eigenvalue weighted by Gasteiger charge is 2.26. The lowest BCUT2D eigenvalue weighted by molar-refractivity contribution is -0.119. The normalized spacial score (nSPS) is 19.9. The van der Waals surface area contributed by atoms with Gasteiger partial charge in [-0.3, -0.25) is 20.0 Å². The molecule has 222 valence electrons. The second-order valence-corrected chi connectivity index (χ2v) is 10.9. The lowest BCUT2D eigenvalue weighted by atomic mass is 10.1. The molecular formula is C29H48N8O2S. The molecule has 3 aliphatic rings. The van der Waals surface area contributed by atoms with Crippen molar-refractivity contribution in [1.82, 2.24) is 20.9 Å². The maximum Gasteiger partial charge on any atom is 0.229 e. The maximum atomic E-state index is 12.4. The summed E-state index contributed by atoms with van der Waals surface area (Å²) in [5, 5.41) is 20.2. The molecule has 11 heteroatoms. The van der Waals surface area contributed by atoms with Crippen LogP contribution >= 0.6 is 11.3 Å². The lowest BCUT2D eigenvalue weighted by Gasteiger charge is -2.30. The molecule has 2 amide bonds. The van der Waals surface area contributed by atoms with Gasteiger partial charge in [0.1, 0.15) is 11.7 Å². The number of rotatable bonds is 7. The Morgan fingerprint density at radius 3 is 2.48 bits per heavy atom. The summed E-state index contributed by atoms with van der Waals surface area (Å²) >= 11 is 1.43. The molecule has 2 aromatic rings. The van der Waals surface area contributed by atoms with Crippen LogP contribution in [0.25, 0.3) is 0 Å². The fourth-order valence-corrected chi connectivity index (χ4v) is 5.37. The van der Waals surface area contributed by atoms with Crippen LogP contribution in [-0.4, -0.2) is 52.8 Å². The Hall–Kier alpha value is -3.34. The van der Waals surface area contributed by atoms with Crippen molar-refractivity contribution < 1.29 is 12.4 Å². The Bertz CT molecular complexity index is 1150. The van der Waals surface area contributed by atoms with Crippen molar-refractivity contribution in [2.75, 3.05) is 23.3 Å². The first-order valence-electron chi connectivity index (χ1n) is 14.2. The van der Waals surface area contributed by atoms with Gasteiger partial charge < -0.3 is 15.5 Å². The average molecular weight is 573 g/mol. The van der Waals surface area contributed by atoms with E-state index in [0.29, 0.717) is 29.7 Å². The van der Waals surface area contributed by atoms with Gasteiger partial charge in [0.15, 0.2) is 0 Å². The van der Waals surface area contributed by atoms with Gasteiger partial charge in [-0.05, 0) is 50.0 Å². The number of aliphatic imine (C=N–C) groups is 1. The van der Waals surface area contributed by atoms with Crippen molar-refractivity contribution in [1.29, 1.82) is 0 Å². The summed E-state index contributed by atoms with van der Waals surface area (Å²) in [6, 6.07) is 9.93. The van der Waals surface area contributed by atoms with Crippen molar-refractivity contribution in [3.05, 3.63) is 35.9 Å². The molecule has 3 N–H and O–H groups in total. The van der Waals surface area contributed by atoms with E-state index in [-0.39, 0.29) is 28.1 Å². The number of piperidine rings is 1. The summed E-state index contributed by atoms with van der Waals surface area (Å²) in [4.78, 5) is 31.6. The molecule has 40 heavy (non-hydrogen) atoms. The van der Waals surface area contributed by atoms with E-state index in [4.69, 9.17) is 4.99 Å². The van der Waals surface area contributed by atoms with Crippen LogP contribution in [0.15, 0.2) is 40.4 Å². The number of anilines is 2. The van der Waals surface area contributed by atoms with Crippen LogP contribution in [0.5, 0.6) is 0 Å². The highest BCUT2D eigenvalue weighted by molar-refractivity contribution is 7.19. The first kappa shape index (κ1) is 31.2.